The molecule has 0 saturated heterocycles. The lowest BCUT2D eigenvalue weighted by Gasteiger charge is -2.05. The number of nitrogens with two attached hydrogens (primary N) is 1. The Morgan fingerprint density at radius 1 is 1.54 bits per heavy atom. The molecule has 0 atom stereocenters. The van der Waals surface area contributed by atoms with E-state index in [1.54, 1.807) is 37.8 Å². The zero-order valence-corrected chi connectivity index (χ0v) is 14.0. The molecule has 2 heterocycles. The number of allylic oxidation sites excluding steroid dienone is 1. The molecule has 0 saturated carbocycles. The molecule has 0 aromatic carbocycles. The van der Waals surface area contributed by atoms with E-state index < -0.39 is 5.97 Å². The van der Waals surface area contributed by atoms with Crippen molar-refractivity contribution in [2.24, 2.45) is 10.7 Å². The molecule has 2 aromatic heterocycles. The lowest BCUT2D eigenvalue weighted by molar-refractivity contribution is 0.0592. The molecule has 24 heavy (non-hydrogen) atoms. The number of aromatic nitrogens is 3. The van der Waals surface area contributed by atoms with Crippen LogP contribution in [0, 0.1) is 0 Å². The number of esters is 1. The van der Waals surface area contributed by atoms with E-state index in [0.29, 0.717) is 28.6 Å². The Bertz CT molecular complexity index is 767. The number of nitrogens with one attached hydrogen (secondary N) is 1. The maximum atomic E-state index is 11.9. The first kappa shape index (κ1) is 17.5. The molecule has 0 radical (unpaired) electrons. The molecular formula is C15H17ClN6O2. The highest BCUT2D eigenvalue weighted by Crippen LogP contribution is 2.15. The molecule has 2 rings (SSSR count). The van der Waals surface area contributed by atoms with Gasteiger partial charge in [0.25, 0.3) is 0 Å². The maximum absolute atomic E-state index is 11.9. The van der Waals surface area contributed by atoms with Gasteiger partial charge in [-0.3, -0.25) is 4.99 Å². The van der Waals surface area contributed by atoms with Crippen LogP contribution in [-0.2, 0) is 11.3 Å². The van der Waals surface area contributed by atoms with E-state index in [2.05, 4.69) is 20.4 Å². The van der Waals surface area contributed by atoms with Crippen LogP contribution < -0.4 is 11.1 Å². The van der Waals surface area contributed by atoms with Crippen LogP contribution in [0.3, 0.4) is 0 Å². The number of methoxy groups -OCH3 is 1. The van der Waals surface area contributed by atoms with Crippen molar-refractivity contribution >= 4 is 23.8 Å². The van der Waals surface area contributed by atoms with Crippen molar-refractivity contribution in [3.8, 4) is 5.69 Å². The van der Waals surface area contributed by atoms with Gasteiger partial charge in [-0.2, -0.15) is 5.10 Å². The molecule has 3 N–H and O–H groups in total. The van der Waals surface area contributed by atoms with Gasteiger partial charge in [-0.05, 0) is 12.1 Å². The van der Waals surface area contributed by atoms with E-state index in [-0.39, 0.29) is 5.69 Å². The SMILES string of the molecule is CN=CC(=CN)NCc1cn(-c2ccc(Cl)nc2)nc1C(=O)OC. The summed E-state index contributed by atoms with van der Waals surface area (Å²) in [7, 11) is 2.94. The lowest BCUT2D eigenvalue weighted by Crippen LogP contribution is -2.17. The summed E-state index contributed by atoms with van der Waals surface area (Å²) in [4.78, 5) is 19.8. The van der Waals surface area contributed by atoms with Gasteiger partial charge in [-0.25, -0.2) is 14.5 Å². The minimum absolute atomic E-state index is 0.199. The third-order valence-corrected chi connectivity index (χ3v) is 3.30. The van der Waals surface area contributed by atoms with Crippen molar-refractivity contribution in [1.82, 2.24) is 20.1 Å². The minimum atomic E-state index is -0.532. The highest BCUT2D eigenvalue weighted by molar-refractivity contribution is 6.29. The predicted molar refractivity (Wildman–Crippen MR) is 91.2 cm³/mol. The summed E-state index contributed by atoms with van der Waals surface area (Å²) >= 11 is 5.78. The van der Waals surface area contributed by atoms with Crippen LogP contribution in [0.2, 0.25) is 5.15 Å². The van der Waals surface area contributed by atoms with Crippen LogP contribution in [0.1, 0.15) is 16.1 Å². The second-order valence-corrected chi connectivity index (χ2v) is 5.03. The standard InChI is InChI=1S/C15H17ClN6O2/c1-18-7-11(5-17)19-6-10-9-22(21-14(10)15(23)24-2)12-3-4-13(16)20-8-12/h3-5,7-9,19H,6,17H2,1-2H3. The van der Waals surface area contributed by atoms with Crippen molar-refractivity contribution < 1.29 is 9.53 Å². The number of hydrogen-bond acceptors (Lipinski definition) is 7. The van der Waals surface area contributed by atoms with E-state index in [4.69, 9.17) is 22.1 Å². The maximum Gasteiger partial charge on any atom is 0.358 e. The zero-order valence-electron chi connectivity index (χ0n) is 13.2. The summed E-state index contributed by atoms with van der Waals surface area (Å²) in [6, 6.07) is 3.39. The van der Waals surface area contributed by atoms with Crippen LogP contribution in [0.4, 0.5) is 0 Å². The molecular weight excluding hydrogens is 332 g/mol. The Balaban J connectivity index is 2.31. The summed E-state index contributed by atoms with van der Waals surface area (Å²) in [6.45, 7) is 0.320. The first-order valence-electron chi connectivity index (χ1n) is 6.95. The largest absolute Gasteiger partial charge is 0.464 e. The molecule has 9 heteroatoms. The summed E-state index contributed by atoms with van der Waals surface area (Å²) in [5.74, 6) is -0.532. The summed E-state index contributed by atoms with van der Waals surface area (Å²) < 4.78 is 6.32. The molecule has 0 aliphatic rings. The smallest absolute Gasteiger partial charge is 0.358 e. The molecule has 0 amide bonds. The highest BCUT2D eigenvalue weighted by Gasteiger charge is 2.18. The Kier molecular flexibility index (Phi) is 5.91. The van der Waals surface area contributed by atoms with Gasteiger partial charge in [0.05, 0.1) is 24.7 Å². The molecule has 0 spiro atoms. The van der Waals surface area contributed by atoms with Crippen molar-refractivity contribution in [2.75, 3.05) is 14.2 Å². The second kappa shape index (κ2) is 8.11. The molecule has 2 aromatic rings. The topological polar surface area (TPSA) is 107 Å². The van der Waals surface area contributed by atoms with Gasteiger partial charge in [0.15, 0.2) is 5.69 Å². The average molecular weight is 349 g/mol. The number of halogens is 1. The second-order valence-electron chi connectivity index (χ2n) is 4.64. The van der Waals surface area contributed by atoms with Crippen molar-refractivity contribution in [2.45, 2.75) is 6.54 Å². The fourth-order valence-electron chi connectivity index (χ4n) is 1.93. The van der Waals surface area contributed by atoms with E-state index in [0.717, 1.165) is 0 Å². The number of carbonyl (C=O) groups is 1. The average Bonchev–Trinajstić information content (AvgIpc) is 3.02. The first-order valence-corrected chi connectivity index (χ1v) is 7.33. The first-order chi connectivity index (χ1) is 11.6. The van der Waals surface area contributed by atoms with Crippen LogP contribution in [0.25, 0.3) is 5.69 Å². The number of hydrogen-bond donors (Lipinski definition) is 2. The van der Waals surface area contributed by atoms with Crippen molar-refractivity contribution in [3.05, 3.63) is 52.8 Å². The van der Waals surface area contributed by atoms with Crippen molar-refractivity contribution in [1.29, 1.82) is 0 Å². The van der Waals surface area contributed by atoms with Gasteiger partial charge < -0.3 is 15.8 Å². The Labute approximate surface area is 144 Å². The fraction of sp³-hybridized carbons (Fsp3) is 0.200. The van der Waals surface area contributed by atoms with Crippen LogP contribution in [0.5, 0.6) is 0 Å². The molecule has 8 nitrogen and oxygen atoms in total. The molecule has 126 valence electrons. The number of ether oxygens (including phenoxy) is 1. The molecule has 0 aliphatic heterocycles. The normalized spacial score (nSPS) is 11.7. The number of pyridine rings is 1. The highest BCUT2D eigenvalue weighted by atomic mass is 35.5. The van der Waals surface area contributed by atoms with Gasteiger partial charge in [-0.15, -0.1) is 0 Å². The third-order valence-electron chi connectivity index (χ3n) is 3.08. The van der Waals surface area contributed by atoms with Crippen LogP contribution >= 0.6 is 11.6 Å². The van der Waals surface area contributed by atoms with Gasteiger partial charge in [0.1, 0.15) is 5.15 Å². The van der Waals surface area contributed by atoms with E-state index in [9.17, 15) is 4.79 Å². The molecule has 0 fully saturated rings. The van der Waals surface area contributed by atoms with E-state index >= 15 is 0 Å². The van der Waals surface area contributed by atoms with E-state index in [1.807, 2.05) is 0 Å². The zero-order chi connectivity index (χ0) is 17.5. The fourth-order valence-corrected chi connectivity index (χ4v) is 2.04. The molecule has 0 bridgehead atoms. The summed E-state index contributed by atoms with van der Waals surface area (Å²) in [6.07, 6.45) is 6.23. The predicted octanol–water partition coefficient (Wildman–Crippen LogP) is 1.30. The van der Waals surface area contributed by atoms with Crippen LogP contribution in [-0.4, -0.2) is 41.1 Å². The Morgan fingerprint density at radius 3 is 2.92 bits per heavy atom. The number of carbonyl (C=O) groups excluding carboxylic acids is 1. The molecule has 0 unspecified atom stereocenters. The Hall–Kier alpha value is -2.87. The summed E-state index contributed by atoms with van der Waals surface area (Å²) in [5.41, 5.74) is 7.63. The van der Waals surface area contributed by atoms with Gasteiger partial charge in [0, 0.05) is 37.8 Å². The lowest BCUT2D eigenvalue weighted by atomic mass is 10.2. The number of rotatable bonds is 6. The summed E-state index contributed by atoms with van der Waals surface area (Å²) in [5, 5.41) is 7.71. The number of nitrogens with zero attached hydrogens (tertiary/aromatic N) is 4. The van der Waals surface area contributed by atoms with Gasteiger partial charge in [0.2, 0.25) is 0 Å². The monoisotopic (exact) mass is 348 g/mol. The third kappa shape index (κ3) is 4.11. The van der Waals surface area contributed by atoms with Crippen molar-refractivity contribution in [3.63, 3.8) is 0 Å². The minimum Gasteiger partial charge on any atom is -0.464 e. The van der Waals surface area contributed by atoms with E-state index in [1.165, 1.54) is 18.0 Å². The quantitative estimate of drug-likeness (QED) is 0.463. The van der Waals surface area contributed by atoms with Gasteiger partial charge in [-0.1, -0.05) is 11.6 Å². The molecule has 0 aliphatic carbocycles. The Morgan fingerprint density at radius 2 is 2.33 bits per heavy atom. The number of aliphatic imine (C=N–C) groups is 1. The van der Waals surface area contributed by atoms with Crippen LogP contribution in [0.15, 0.2) is 41.4 Å². The van der Waals surface area contributed by atoms with Gasteiger partial charge >= 0.3 is 5.97 Å².